The van der Waals surface area contributed by atoms with Crippen molar-refractivity contribution in [3.8, 4) is 17.3 Å². The first-order chi connectivity index (χ1) is 27.3. The number of rotatable bonds is 4. The number of nitrogens with zero attached hydrogens (tertiary/aromatic N) is 5. The number of hydrogen-bond acceptors (Lipinski definition) is 5. The van der Waals surface area contributed by atoms with Crippen molar-refractivity contribution in [3.63, 3.8) is 0 Å². The third-order valence-electron chi connectivity index (χ3n) is 11.2. The van der Waals surface area contributed by atoms with Crippen molar-refractivity contribution >= 4 is 90.1 Å². The molecule has 0 atom stereocenters. The van der Waals surface area contributed by atoms with Gasteiger partial charge in [0.15, 0.2) is 5.58 Å². The van der Waals surface area contributed by atoms with Gasteiger partial charge in [0.2, 0.25) is 5.89 Å². The molecule has 7 aromatic carbocycles. The Kier molecular flexibility index (Phi) is 6.33. The summed E-state index contributed by atoms with van der Waals surface area (Å²) in [5, 5.41) is 2.37. The summed E-state index contributed by atoms with van der Waals surface area (Å²) in [6.07, 6.45) is 1.87. The molecule has 0 amide bonds. The summed E-state index contributed by atoms with van der Waals surface area (Å²) in [6, 6.07) is 62.5. The summed E-state index contributed by atoms with van der Waals surface area (Å²) in [7, 11) is 0. The number of oxazole rings is 1. The second-order valence-electron chi connectivity index (χ2n) is 14.2. The highest BCUT2D eigenvalue weighted by Gasteiger charge is 2.44. The maximum atomic E-state index is 6.39. The minimum absolute atomic E-state index is 0.0972. The molecule has 10 aromatic rings. The molecule has 0 radical (unpaired) electrons. The van der Waals surface area contributed by atoms with Crippen LogP contribution in [0, 0.1) is 0 Å². The van der Waals surface area contributed by atoms with Crippen molar-refractivity contribution in [1.82, 2.24) is 14.5 Å². The number of fused-ring (bicyclic) bond motifs is 8. The Balaban J connectivity index is 1.21. The fraction of sp³-hybridized carbons (Fsp3) is 0. The molecule has 0 fully saturated rings. The lowest BCUT2D eigenvalue weighted by atomic mass is 9.33. The van der Waals surface area contributed by atoms with Gasteiger partial charge >= 0.3 is 0 Å². The molecular weight excluding hydrogens is 673 g/mol. The van der Waals surface area contributed by atoms with Crippen molar-refractivity contribution in [3.05, 3.63) is 182 Å². The van der Waals surface area contributed by atoms with Gasteiger partial charge in [0.05, 0.1) is 11.0 Å². The van der Waals surface area contributed by atoms with Crippen molar-refractivity contribution < 1.29 is 4.42 Å². The molecule has 2 aliphatic heterocycles. The van der Waals surface area contributed by atoms with Gasteiger partial charge in [-0.3, -0.25) is 4.57 Å². The van der Waals surface area contributed by atoms with E-state index in [9.17, 15) is 0 Å². The first kappa shape index (κ1) is 30.1. The minimum Gasteiger partial charge on any atom is -0.436 e. The summed E-state index contributed by atoms with van der Waals surface area (Å²) in [6.45, 7) is -0.0972. The number of aromatic nitrogens is 3. The van der Waals surface area contributed by atoms with Gasteiger partial charge < -0.3 is 14.2 Å². The van der Waals surface area contributed by atoms with E-state index in [1.165, 1.54) is 27.2 Å². The Hall–Kier alpha value is -7.38. The van der Waals surface area contributed by atoms with Crippen molar-refractivity contribution in [2.24, 2.45) is 0 Å². The van der Waals surface area contributed by atoms with Gasteiger partial charge in [-0.2, -0.15) is 0 Å². The first-order valence-corrected chi connectivity index (χ1v) is 18.6. The fourth-order valence-electron chi connectivity index (χ4n) is 8.97. The van der Waals surface area contributed by atoms with Gasteiger partial charge in [0, 0.05) is 56.7 Å². The molecule has 0 saturated heterocycles. The van der Waals surface area contributed by atoms with Crippen molar-refractivity contribution in [2.45, 2.75) is 0 Å². The summed E-state index contributed by atoms with van der Waals surface area (Å²) < 4.78 is 8.70. The third-order valence-corrected chi connectivity index (χ3v) is 11.2. The van der Waals surface area contributed by atoms with Gasteiger partial charge in [-0.1, -0.05) is 84.9 Å². The van der Waals surface area contributed by atoms with E-state index in [-0.39, 0.29) is 6.71 Å². The largest absolute Gasteiger partial charge is 0.436 e. The molecule has 0 bridgehead atoms. The van der Waals surface area contributed by atoms with Crippen molar-refractivity contribution in [2.75, 3.05) is 9.80 Å². The molecule has 6 nitrogen and oxygen atoms in total. The minimum atomic E-state index is -0.0972. The summed E-state index contributed by atoms with van der Waals surface area (Å²) in [4.78, 5) is 14.7. The highest BCUT2D eigenvalue weighted by Crippen LogP contribution is 2.46. The van der Waals surface area contributed by atoms with Crippen LogP contribution in [-0.2, 0) is 0 Å². The zero-order valence-electron chi connectivity index (χ0n) is 29.5. The monoisotopic (exact) mass is 703 g/mol. The van der Waals surface area contributed by atoms with E-state index >= 15 is 0 Å². The second-order valence-corrected chi connectivity index (χ2v) is 14.2. The van der Waals surface area contributed by atoms with Gasteiger partial charge in [-0.15, -0.1) is 0 Å². The van der Waals surface area contributed by atoms with Crippen LogP contribution in [0.3, 0.4) is 0 Å². The van der Waals surface area contributed by atoms with Crippen LogP contribution in [0.2, 0.25) is 0 Å². The second kappa shape index (κ2) is 11.6. The molecule has 2 aliphatic rings. The van der Waals surface area contributed by atoms with E-state index in [2.05, 4.69) is 160 Å². The van der Waals surface area contributed by atoms with Crippen LogP contribution in [0.25, 0.3) is 50.2 Å². The molecule has 0 unspecified atom stereocenters. The number of hydrogen-bond donors (Lipinski definition) is 0. The molecule has 12 rings (SSSR count). The van der Waals surface area contributed by atoms with Gasteiger partial charge in [0.1, 0.15) is 11.3 Å². The van der Waals surface area contributed by atoms with E-state index < -0.39 is 0 Å². The average Bonchev–Trinajstić information content (AvgIpc) is 3.83. The van der Waals surface area contributed by atoms with Gasteiger partial charge in [0.25, 0.3) is 6.71 Å². The van der Waals surface area contributed by atoms with E-state index in [4.69, 9.17) is 14.4 Å². The normalized spacial score (nSPS) is 13.0. The molecule has 0 N–H and O–H groups in total. The van der Waals surface area contributed by atoms with E-state index in [1.54, 1.807) is 0 Å². The summed E-state index contributed by atoms with van der Waals surface area (Å²) in [5.74, 6) is 1.50. The molecule has 55 heavy (non-hydrogen) atoms. The fourth-order valence-corrected chi connectivity index (χ4v) is 8.97. The molecule has 0 aliphatic carbocycles. The zero-order chi connectivity index (χ0) is 36.0. The quantitative estimate of drug-likeness (QED) is 0.171. The van der Waals surface area contributed by atoms with E-state index in [1.807, 2.05) is 36.5 Å². The topological polar surface area (TPSA) is 50.3 Å². The molecule has 5 heterocycles. The average molecular weight is 704 g/mol. The lowest BCUT2D eigenvalue weighted by Gasteiger charge is -2.44. The molecule has 7 heteroatoms. The van der Waals surface area contributed by atoms with Crippen LogP contribution >= 0.6 is 0 Å². The zero-order valence-corrected chi connectivity index (χ0v) is 29.5. The molecule has 256 valence electrons. The van der Waals surface area contributed by atoms with Crippen LogP contribution in [0.15, 0.2) is 187 Å². The number of pyridine rings is 1. The molecule has 3 aromatic heterocycles. The number of anilines is 6. The lowest BCUT2D eigenvalue weighted by Crippen LogP contribution is -2.61. The van der Waals surface area contributed by atoms with Gasteiger partial charge in [-0.05, 0) is 107 Å². The number of para-hydroxylation sites is 5. The lowest BCUT2D eigenvalue weighted by molar-refractivity contribution is 0.620. The van der Waals surface area contributed by atoms with Crippen LogP contribution in [-0.4, -0.2) is 21.2 Å². The van der Waals surface area contributed by atoms with Crippen LogP contribution in [0.4, 0.5) is 34.1 Å². The maximum Gasteiger partial charge on any atom is 0.252 e. The SMILES string of the molecule is c1ccc(N2c3ccc(-c4nc5ccccc5o4)cc3B3c4cc5c(cc4N(c4ccccc4)c4cccc2c43)c2ccccc2n5-c2ccccn2)cc1. The van der Waals surface area contributed by atoms with E-state index in [0.29, 0.717) is 5.89 Å². The predicted octanol–water partition coefficient (Wildman–Crippen LogP) is 10.1. The number of benzene rings is 7. The Bertz CT molecular complexity index is 3090. The predicted molar refractivity (Wildman–Crippen MR) is 226 cm³/mol. The Morgan fingerprint density at radius 2 is 1.18 bits per heavy atom. The Morgan fingerprint density at radius 3 is 1.95 bits per heavy atom. The summed E-state index contributed by atoms with van der Waals surface area (Å²) in [5.41, 5.74) is 15.3. The molecular formula is C48H30BN5O. The molecule has 0 saturated carbocycles. The van der Waals surface area contributed by atoms with Crippen LogP contribution in [0.5, 0.6) is 0 Å². The van der Waals surface area contributed by atoms with Crippen LogP contribution < -0.4 is 26.2 Å². The van der Waals surface area contributed by atoms with Crippen LogP contribution in [0.1, 0.15) is 0 Å². The smallest absolute Gasteiger partial charge is 0.252 e. The highest BCUT2D eigenvalue weighted by molar-refractivity contribution is 7.00. The van der Waals surface area contributed by atoms with E-state index in [0.717, 1.165) is 67.6 Å². The first-order valence-electron chi connectivity index (χ1n) is 18.6. The highest BCUT2D eigenvalue weighted by atomic mass is 16.3. The third kappa shape index (κ3) is 4.38. The van der Waals surface area contributed by atoms with Crippen molar-refractivity contribution in [1.29, 1.82) is 0 Å². The maximum absolute atomic E-state index is 6.39. The standard InChI is InChI=1S/C48H30BN5O/c1-3-14-32(15-4-1)52-40-26-25-31(48-51-38-19-8-10-23-45(38)55-48)28-36(40)49-37-30-43-35(34-18-7-9-20-39(34)54(43)46-24-11-12-27-50-46)29-44(37)53(33-16-5-2-6-17-33)42-22-13-21-41(52)47(42)49/h1-30H. The van der Waals surface area contributed by atoms with Gasteiger partial charge in [-0.25, -0.2) is 9.97 Å². The molecule has 0 spiro atoms. The Labute approximate surface area is 317 Å². The summed E-state index contributed by atoms with van der Waals surface area (Å²) >= 11 is 0. The Morgan fingerprint density at radius 1 is 0.491 bits per heavy atom.